The summed E-state index contributed by atoms with van der Waals surface area (Å²) in [7, 11) is 0. The second-order valence-corrected chi connectivity index (χ2v) is 10.2. The number of halogens is 7. The highest BCUT2D eigenvalue weighted by molar-refractivity contribution is 6.33. The molecule has 41 heavy (non-hydrogen) atoms. The molecule has 4 aromatic rings. The minimum atomic E-state index is -4.59. The van der Waals surface area contributed by atoms with E-state index in [2.05, 4.69) is 15.6 Å². The van der Waals surface area contributed by atoms with E-state index in [1.807, 2.05) is 43.3 Å². The lowest BCUT2D eigenvalue weighted by Crippen LogP contribution is -2.52. The van der Waals surface area contributed by atoms with Crippen LogP contribution in [0.15, 0.2) is 91.1 Å². The van der Waals surface area contributed by atoms with Crippen molar-refractivity contribution in [1.82, 2.24) is 10.3 Å². The smallest absolute Gasteiger partial charge is 0.369 e. The summed E-state index contributed by atoms with van der Waals surface area (Å²) in [5, 5.41) is 6.42. The van der Waals surface area contributed by atoms with Crippen molar-refractivity contribution in [2.45, 2.75) is 50.7 Å². The topological polar surface area (TPSA) is 37.0 Å². The maximum atomic E-state index is 13.9. The number of nitrogens with zero attached hydrogens (tertiary/aromatic N) is 1. The zero-order valence-corrected chi connectivity index (χ0v) is 23.0. The van der Waals surface area contributed by atoms with Crippen LogP contribution in [0, 0.1) is 0 Å². The van der Waals surface area contributed by atoms with Crippen molar-refractivity contribution in [3.8, 4) is 0 Å². The van der Waals surface area contributed by atoms with Gasteiger partial charge < -0.3 is 5.32 Å². The fourth-order valence-corrected chi connectivity index (χ4v) is 4.92. The molecular weight excluding hydrogens is 564 g/mol. The Kier molecular flexibility index (Phi) is 8.99. The molecule has 216 valence electrons. The number of anilines is 1. The summed E-state index contributed by atoms with van der Waals surface area (Å²) in [6, 6.07) is 20.7. The molecule has 0 fully saturated rings. The van der Waals surface area contributed by atoms with E-state index in [0.717, 1.165) is 41.5 Å². The van der Waals surface area contributed by atoms with Gasteiger partial charge in [-0.15, -0.1) is 0 Å². The van der Waals surface area contributed by atoms with E-state index in [4.69, 9.17) is 11.6 Å². The van der Waals surface area contributed by atoms with Gasteiger partial charge in [-0.25, -0.2) is 0 Å². The van der Waals surface area contributed by atoms with E-state index < -0.39 is 35.2 Å². The molecule has 0 spiro atoms. The summed E-state index contributed by atoms with van der Waals surface area (Å²) in [6.07, 6.45) is -7.38. The van der Waals surface area contributed by atoms with Crippen LogP contribution in [0.25, 0.3) is 0 Å². The Morgan fingerprint density at radius 3 is 2.02 bits per heavy atom. The molecule has 0 aliphatic rings. The Balaban J connectivity index is 1.86. The molecular formula is C31H28ClF6N3. The van der Waals surface area contributed by atoms with Gasteiger partial charge in [0.15, 0.2) is 0 Å². The predicted octanol–water partition coefficient (Wildman–Crippen LogP) is 8.87. The zero-order chi connectivity index (χ0) is 29.8. The van der Waals surface area contributed by atoms with Gasteiger partial charge in [0.1, 0.15) is 0 Å². The highest BCUT2D eigenvalue weighted by atomic mass is 35.5. The van der Waals surface area contributed by atoms with Crippen LogP contribution in [-0.4, -0.2) is 11.1 Å². The molecule has 2 atom stereocenters. The number of hydrogen-bond acceptors (Lipinski definition) is 3. The lowest BCUT2D eigenvalue weighted by atomic mass is 9.79. The SMILES string of the molecule is CCc1ccc(C(Cc2ccccc2)(N[C@@H](C)Nc2cc(C(F)(F)F)ccc2Cl)c2cccc(C(F)(F)F)c2)nc1. The highest BCUT2D eigenvalue weighted by Gasteiger charge is 2.40. The molecule has 1 heterocycles. The highest BCUT2D eigenvalue weighted by Crippen LogP contribution is 2.38. The van der Waals surface area contributed by atoms with Crippen molar-refractivity contribution in [1.29, 1.82) is 0 Å². The lowest BCUT2D eigenvalue weighted by Gasteiger charge is -2.39. The summed E-state index contributed by atoms with van der Waals surface area (Å²) >= 11 is 6.23. The van der Waals surface area contributed by atoms with E-state index in [1.54, 1.807) is 25.3 Å². The quantitative estimate of drug-likeness (QED) is 0.151. The van der Waals surface area contributed by atoms with Crippen LogP contribution in [0.4, 0.5) is 32.0 Å². The van der Waals surface area contributed by atoms with Gasteiger partial charge in [0.25, 0.3) is 0 Å². The van der Waals surface area contributed by atoms with Gasteiger partial charge >= 0.3 is 12.4 Å². The molecule has 0 aliphatic heterocycles. The molecule has 1 aromatic heterocycles. The second kappa shape index (κ2) is 12.1. The summed E-state index contributed by atoms with van der Waals surface area (Å²) in [5.41, 5.74) is -0.541. The van der Waals surface area contributed by atoms with Gasteiger partial charge in [0.2, 0.25) is 0 Å². The number of hydrogen-bond donors (Lipinski definition) is 2. The van der Waals surface area contributed by atoms with Gasteiger partial charge in [-0.05, 0) is 66.4 Å². The van der Waals surface area contributed by atoms with Gasteiger partial charge in [-0.2, -0.15) is 26.3 Å². The molecule has 3 aromatic carbocycles. The molecule has 0 amide bonds. The number of rotatable bonds is 9. The summed E-state index contributed by atoms with van der Waals surface area (Å²) in [5.74, 6) is 0. The third-order valence-electron chi connectivity index (χ3n) is 6.79. The lowest BCUT2D eigenvalue weighted by molar-refractivity contribution is -0.138. The Bertz CT molecular complexity index is 1460. The monoisotopic (exact) mass is 591 g/mol. The van der Waals surface area contributed by atoms with E-state index in [1.165, 1.54) is 6.07 Å². The first-order valence-electron chi connectivity index (χ1n) is 12.9. The first kappa shape index (κ1) is 30.4. The standard InChI is InChI=1S/C31H28ClF6N3/c1-3-21-12-15-28(39-19-21)29(18-22-8-5-4-6-9-22,23-10-7-11-24(16-23)30(33,34)35)41-20(2)40-27-17-25(31(36,37)38)13-14-26(27)32/h4-17,19-20,40-41H,3,18H2,1-2H3/t20-,29?/m0/s1. The zero-order valence-electron chi connectivity index (χ0n) is 22.2. The molecule has 0 radical (unpaired) electrons. The first-order chi connectivity index (χ1) is 19.3. The third kappa shape index (κ3) is 7.21. The van der Waals surface area contributed by atoms with Crippen molar-refractivity contribution >= 4 is 17.3 Å². The Labute approximate surface area is 239 Å². The molecule has 3 nitrogen and oxygen atoms in total. The molecule has 0 bridgehead atoms. The minimum Gasteiger partial charge on any atom is -0.369 e. The molecule has 2 N–H and O–H groups in total. The molecule has 0 aliphatic carbocycles. The summed E-state index contributed by atoms with van der Waals surface area (Å²) in [6.45, 7) is 3.62. The van der Waals surface area contributed by atoms with E-state index in [9.17, 15) is 26.3 Å². The van der Waals surface area contributed by atoms with Gasteiger partial charge in [0.05, 0.1) is 39.2 Å². The van der Waals surface area contributed by atoms with E-state index in [-0.39, 0.29) is 22.7 Å². The van der Waals surface area contributed by atoms with E-state index in [0.29, 0.717) is 12.1 Å². The minimum absolute atomic E-state index is 0.0217. The predicted molar refractivity (Wildman–Crippen MR) is 149 cm³/mol. The van der Waals surface area contributed by atoms with Crippen molar-refractivity contribution in [2.24, 2.45) is 0 Å². The fraction of sp³-hybridized carbons (Fsp3) is 0.258. The number of pyridine rings is 1. The second-order valence-electron chi connectivity index (χ2n) is 9.75. The molecule has 0 saturated carbocycles. The van der Waals surface area contributed by atoms with Gasteiger partial charge in [-0.1, -0.05) is 67.1 Å². The number of alkyl halides is 6. The van der Waals surface area contributed by atoms with Crippen LogP contribution in [0.2, 0.25) is 5.02 Å². The van der Waals surface area contributed by atoms with Crippen molar-refractivity contribution in [3.05, 3.63) is 130 Å². The van der Waals surface area contributed by atoms with Crippen molar-refractivity contribution < 1.29 is 26.3 Å². The maximum Gasteiger partial charge on any atom is 0.416 e. The number of benzene rings is 3. The molecule has 10 heteroatoms. The average Bonchev–Trinajstić information content (AvgIpc) is 2.93. The maximum absolute atomic E-state index is 13.9. The van der Waals surface area contributed by atoms with Gasteiger partial charge in [-0.3, -0.25) is 10.3 Å². The van der Waals surface area contributed by atoms with Crippen LogP contribution in [-0.2, 0) is 30.7 Å². The Morgan fingerprint density at radius 1 is 0.756 bits per heavy atom. The molecule has 1 unspecified atom stereocenters. The van der Waals surface area contributed by atoms with Gasteiger partial charge in [0, 0.05) is 12.6 Å². The number of aryl methyl sites for hydroxylation is 1. The average molecular weight is 592 g/mol. The fourth-order valence-electron chi connectivity index (χ4n) is 4.75. The van der Waals surface area contributed by atoms with Crippen molar-refractivity contribution in [3.63, 3.8) is 0 Å². The Hall–Kier alpha value is -3.56. The Morgan fingerprint density at radius 2 is 1.41 bits per heavy atom. The van der Waals surface area contributed by atoms with Crippen LogP contribution < -0.4 is 10.6 Å². The largest absolute Gasteiger partial charge is 0.416 e. The van der Waals surface area contributed by atoms with Crippen molar-refractivity contribution in [2.75, 3.05) is 5.32 Å². The number of nitrogens with one attached hydrogen (secondary N) is 2. The van der Waals surface area contributed by atoms with Crippen LogP contribution >= 0.6 is 11.6 Å². The third-order valence-corrected chi connectivity index (χ3v) is 7.12. The van der Waals surface area contributed by atoms with E-state index >= 15 is 0 Å². The summed E-state index contributed by atoms with van der Waals surface area (Å²) < 4.78 is 81.8. The van der Waals surface area contributed by atoms with Crippen LogP contribution in [0.3, 0.4) is 0 Å². The molecule has 4 rings (SSSR count). The van der Waals surface area contributed by atoms with Crippen LogP contribution in [0.5, 0.6) is 0 Å². The number of aromatic nitrogens is 1. The van der Waals surface area contributed by atoms with Crippen LogP contribution in [0.1, 0.15) is 47.4 Å². The first-order valence-corrected chi connectivity index (χ1v) is 13.3. The normalized spacial score (nSPS) is 14.4. The summed E-state index contributed by atoms with van der Waals surface area (Å²) in [4.78, 5) is 4.66. The molecule has 0 saturated heterocycles.